The summed E-state index contributed by atoms with van der Waals surface area (Å²) in [6.45, 7) is 1.96. The van der Waals surface area contributed by atoms with Gasteiger partial charge in [-0.25, -0.2) is 0 Å². The molecular formula is C8H13N3O. The first-order valence-electron chi connectivity index (χ1n) is 3.40. The van der Waals surface area contributed by atoms with E-state index in [1.165, 1.54) is 0 Å². The number of aryl methyl sites for hydroxylation is 1. The van der Waals surface area contributed by atoms with Gasteiger partial charge in [-0.15, -0.1) is 0 Å². The summed E-state index contributed by atoms with van der Waals surface area (Å²) in [6.07, 6.45) is 0. The largest absolute Gasteiger partial charge is 0.366 e. The summed E-state index contributed by atoms with van der Waals surface area (Å²) in [4.78, 5) is 10.5. The molecule has 4 heteroatoms. The van der Waals surface area contributed by atoms with Crippen molar-refractivity contribution >= 4 is 5.91 Å². The van der Waals surface area contributed by atoms with Crippen molar-refractivity contribution in [2.45, 2.75) is 6.92 Å². The number of amides is 1. The standard InChI is InChI=1S/C8H9NO.H4N2/c1-6-2-4-7(5-3-6)8(9)10;1-2/h2-5H,1H3,(H2,9,10);1-2H2. The van der Waals surface area contributed by atoms with Crippen molar-refractivity contribution in [3.05, 3.63) is 35.4 Å². The summed E-state index contributed by atoms with van der Waals surface area (Å²) < 4.78 is 0. The minimum absolute atomic E-state index is 0.375. The zero-order chi connectivity index (χ0) is 9.56. The number of primary amides is 1. The molecule has 12 heavy (non-hydrogen) atoms. The van der Waals surface area contributed by atoms with Crippen LogP contribution in [-0.4, -0.2) is 5.91 Å². The number of hydrogen-bond acceptors (Lipinski definition) is 3. The van der Waals surface area contributed by atoms with E-state index in [1.54, 1.807) is 12.1 Å². The van der Waals surface area contributed by atoms with E-state index < -0.39 is 0 Å². The molecule has 1 aromatic rings. The van der Waals surface area contributed by atoms with Gasteiger partial charge in [0.2, 0.25) is 5.91 Å². The number of rotatable bonds is 1. The summed E-state index contributed by atoms with van der Waals surface area (Å²) in [5, 5.41) is 0. The van der Waals surface area contributed by atoms with Gasteiger partial charge in [-0.1, -0.05) is 17.7 Å². The second-order valence-corrected chi connectivity index (χ2v) is 2.23. The van der Waals surface area contributed by atoms with E-state index in [0.717, 1.165) is 5.56 Å². The molecule has 0 aliphatic heterocycles. The van der Waals surface area contributed by atoms with Gasteiger partial charge in [-0.05, 0) is 19.1 Å². The lowest BCUT2D eigenvalue weighted by molar-refractivity contribution is 0.100. The van der Waals surface area contributed by atoms with Crippen LogP contribution in [0.5, 0.6) is 0 Å². The van der Waals surface area contributed by atoms with Gasteiger partial charge in [0.05, 0.1) is 0 Å². The molecule has 0 unspecified atom stereocenters. The molecule has 66 valence electrons. The molecule has 0 bridgehead atoms. The van der Waals surface area contributed by atoms with E-state index >= 15 is 0 Å². The summed E-state index contributed by atoms with van der Waals surface area (Å²) in [5.74, 6) is 7.62. The molecule has 1 amide bonds. The van der Waals surface area contributed by atoms with E-state index in [9.17, 15) is 4.79 Å². The van der Waals surface area contributed by atoms with Crippen LogP contribution in [0.3, 0.4) is 0 Å². The van der Waals surface area contributed by atoms with Gasteiger partial charge in [0.15, 0.2) is 0 Å². The Morgan fingerprint density at radius 1 is 1.17 bits per heavy atom. The van der Waals surface area contributed by atoms with Crippen LogP contribution in [-0.2, 0) is 0 Å². The third-order valence-corrected chi connectivity index (χ3v) is 1.34. The Morgan fingerprint density at radius 3 is 1.92 bits per heavy atom. The molecule has 0 aromatic heterocycles. The Bertz CT molecular complexity index is 243. The van der Waals surface area contributed by atoms with Crippen LogP contribution in [0, 0.1) is 6.92 Å². The van der Waals surface area contributed by atoms with Crippen molar-refractivity contribution in [1.82, 2.24) is 0 Å². The normalized spacial score (nSPS) is 8.25. The molecule has 0 atom stereocenters. The number of hydrogen-bond donors (Lipinski definition) is 3. The number of carbonyl (C=O) groups excluding carboxylic acids is 1. The van der Waals surface area contributed by atoms with Gasteiger partial charge in [-0.2, -0.15) is 0 Å². The molecule has 6 N–H and O–H groups in total. The van der Waals surface area contributed by atoms with Gasteiger partial charge in [0.25, 0.3) is 0 Å². The third-order valence-electron chi connectivity index (χ3n) is 1.34. The van der Waals surface area contributed by atoms with Crippen LogP contribution < -0.4 is 17.4 Å². The lowest BCUT2D eigenvalue weighted by Gasteiger charge is -1.93. The van der Waals surface area contributed by atoms with Gasteiger partial charge in [0, 0.05) is 5.56 Å². The Morgan fingerprint density at radius 2 is 1.58 bits per heavy atom. The highest BCUT2D eigenvalue weighted by Gasteiger charge is 1.95. The van der Waals surface area contributed by atoms with Crippen LogP contribution in [0.25, 0.3) is 0 Å². The molecule has 0 heterocycles. The van der Waals surface area contributed by atoms with Crippen molar-refractivity contribution in [3.8, 4) is 0 Å². The molecule has 0 saturated carbocycles. The number of hydrazine groups is 1. The van der Waals surface area contributed by atoms with E-state index in [0.29, 0.717) is 5.56 Å². The van der Waals surface area contributed by atoms with Crippen molar-refractivity contribution in [1.29, 1.82) is 0 Å². The summed E-state index contributed by atoms with van der Waals surface area (Å²) in [5.41, 5.74) is 6.72. The van der Waals surface area contributed by atoms with Crippen molar-refractivity contribution in [2.24, 2.45) is 17.4 Å². The fraction of sp³-hybridized carbons (Fsp3) is 0.125. The first-order chi connectivity index (χ1) is 5.70. The lowest BCUT2D eigenvalue weighted by atomic mass is 10.1. The van der Waals surface area contributed by atoms with Crippen LogP contribution in [0.1, 0.15) is 15.9 Å². The van der Waals surface area contributed by atoms with Gasteiger partial charge in [-0.3, -0.25) is 16.5 Å². The molecule has 4 nitrogen and oxygen atoms in total. The molecule has 0 radical (unpaired) electrons. The topological polar surface area (TPSA) is 95.1 Å². The maximum atomic E-state index is 10.5. The highest BCUT2D eigenvalue weighted by Crippen LogP contribution is 2.00. The van der Waals surface area contributed by atoms with E-state index in [-0.39, 0.29) is 5.91 Å². The van der Waals surface area contributed by atoms with Crippen LogP contribution in [0.15, 0.2) is 24.3 Å². The number of nitrogens with two attached hydrogens (primary N) is 3. The average Bonchev–Trinajstić information content (AvgIpc) is 2.09. The Hall–Kier alpha value is -1.39. The fourth-order valence-corrected chi connectivity index (χ4v) is 0.718. The highest BCUT2D eigenvalue weighted by molar-refractivity contribution is 5.92. The molecule has 1 rings (SSSR count). The first-order valence-corrected chi connectivity index (χ1v) is 3.40. The monoisotopic (exact) mass is 167 g/mol. The SMILES string of the molecule is Cc1ccc(C(N)=O)cc1.NN. The molecule has 1 aromatic carbocycles. The lowest BCUT2D eigenvalue weighted by Crippen LogP contribution is -2.10. The van der Waals surface area contributed by atoms with Gasteiger partial charge in [0.1, 0.15) is 0 Å². The van der Waals surface area contributed by atoms with Crippen molar-refractivity contribution in [2.75, 3.05) is 0 Å². The predicted molar refractivity (Wildman–Crippen MR) is 48.1 cm³/mol. The predicted octanol–water partition coefficient (Wildman–Crippen LogP) is -0.0873. The zero-order valence-electron chi connectivity index (χ0n) is 6.95. The average molecular weight is 167 g/mol. The van der Waals surface area contributed by atoms with Crippen LogP contribution in [0.2, 0.25) is 0 Å². The van der Waals surface area contributed by atoms with E-state index in [4.69, 9.17) is 5.73 Å². The minimum atomic E-state index is -0.375. The fourth-order valence-electron chi connectivity index (χ4n) is 0.718. The molecule has 0 aliphatic carbocycles. The number of carbonyl (C=O) groups is 1. The second-order valence-electron chi connectivity index (χ2n) is 2.23. The molecule has 0 saturated heterocycles. The van der Waals surface area contributed by atoms with Crippen molar-refractivity contribution in [3.63, 3.8) is 0 Å². The molecular weight excluding hydrogens is 154 g/mol. The van der Waals surface area contributed by atoms with E-state index in [1.807, 2.05) is 19.1 Å². The number of benzene rings is 1. The van der Waals surface area contributed by atoms with Crippen LogP contribution in [0.4, 0.5) is 0 Å². The molecule has 0 fully saturated rings. The second kappa shape index (κ2) is 5.29. The summed E-state index contributed by atoms with van der Waals surface area (Å²) >= 11 is 0. The third kappa shape index (κ3) is 3.14. The van der Waals surface area contributed by atoms with Gasteiger partial charge < -0.3 is 5.73 Å². The zero-order valence-corrected chi connectivity index (χ0v) is 6.95. The highest BCUT2D eigenvalue weighted by atomic mass is 16.1. The maximum Gasteiger partial charge on any atom is 0.248 e. The van der Waals surface area contributed by atoms with E-state index in [2.05, 4.69) is 11.7 Å². The molecule has 0 spiro atoms. The summed E-state index contributed by atoms with van der Waals surface area (Å²) in [7, 11) is 0. The Balaban J connectivity index is 0.000000561. The molecule has 0 aliphatic rings. The smallest absolute Gasteiger partial charge is 0.248 e. The van der Waals surface area contributed by atoms with Gasteiger partial charge >= 0.3 is 0 Å². The van der Waals surface area contributed by atoms with Crippen molar-refractivity contribution < 1.29 is 4.79 Å². The first kappa shape index (κ1) is 10.6. The summed E-state index contributed by atoms with van der Waals surface area (Å²) in [6, 6.07) is 7.16. The Kier molecular flexibility index (Phi) is 4.67. The minimum Gasteiger partial charge on any atom is -0.366 e. The maximum absolute atomic E-state index is 10.5. The quantitative estimate of drug-likeness (QED) is 0.403. The van der Waals surface area contributed by atoms with Crippen LogP contribution >= 0.6 is 0 Å². The Labute approximate surface area is 71.3 Å².